The Labute approximate surface area is 241 Å². The summed E-state index contributed by atoms with van der Waals surface area (Å²) in [6, 6.07) is 16.0. The van der Waals surface area contributed by atoms with Gasteiger partial charge in [-0.3, -0.25) is 15.7 Å². The number of ether oxygens (including phenoxy) is 3. The van der Waals surface area contributed by atoms with Crippen LogP contribution in [0.25, 0.3) is 10.9 Å². The first kappa shape index (κ1) is 28.7. The number of benzene rings is 3. The molecule has 11 heteroatoms. The third-order valence-electron chi connectivity index (χ3n) is 6.88. The lowest BCUT2D eigenvalue weighted by Gasteiger charge is -2.26. The zero-order chi connectivity index (χ0) is 28.6. The topological polar surface area (TPSA) is 111 Å². The molecule has 1 fully saturated rings. The number of piperidine rings is 1. The molecule has 0 radical (unpaired) electrons. The molecule has 1 atom stereocenters. The summed E-state index contributed by atoms with van der Waals surface area (Å²) >= 11 is -1.74. The van der Waals surface area contributed by atoms with Crippen molar-refractivity contribution in [3.63, 3.8) is 0 Å². The number of fused-ring (bicyclic) bond motifs is 1. The number of likely N-dealkylation sites (tertiary alicyclic amines) is 1. The number of hydrogen-bond acceptors (Lipinski definition) is 9. The van der Waals surface area contributed by atoms with Gasteiger partial charge in [0.15, 0.2) is 23.1 Å². The Morgan fingerprint density at radius 1 is 1.00 bits per heavy atom. The molecule has 216 valence electrons. The summed E-state index contributed by atoms with van der Waals surface area (Å²) in [7, 11) is 1.57. The monoisotopic (exact) mass is 580 g/mol. The molecular formula is C30H33FN4O5S. The van der Waals surface area contributed by atoms with E-state index in [2.05, 4.69) is 14.6 Å². The number of pyridine rings is 1. The molecule has 0 bridgehead atoms. The van der Waals surface area contributed by atoms with E-state index in [1.807, 2.05) is 5.48 Å². The number of methoxy groups -OCH3 is 1. The quantitative estimate of drug-likeness (QED) is 0.100. The van der Waals surface area contributed by atoms with Crippen molar-refractivity contribution in [2.24, 2.45) is 0 Å². The zero-order valence-electron chi connectivity index (χ0n) is 22.8. The summed E-state index contributed by atoms with van der Waals surface area (Å²) < 4.78 is 48.1. The van der Waals surface area contributed by atoms with Crippen molar-refractivity contribution in [1.29, 1.82) is 0 Å². The van der Waals surface area contributed by atoms with Crippen LogP contribution in [0.3, 0.4) is 0 Å². The van der Waals surface area contributed by atoms with E-state index in [9.17, 15) is 9.76 Å². The molecule has 0 saturated carbocycles. The molecule has 3 aromatic carbocycles. The van der Waals surface area contributed by atoms with Crippen LogP contribution in [0.1, 0.15) is 25.7 Å². The van der Waals surface area contributed by atoms with Gasteiger partial charge in [-0.25, -0.2) is 9.11 Å². The van der Waals surface area contributed by atoms with Gasteiger partial charge >= 0.3 is 0 Å². The molecule has 1 aliphatic heterocycles. The maximum absolute atomic E-state index is 15.1. The van der Waals surface area contributed by atoms with Gasteiger partial charge in [-0.05, 0) is 68.8 Å². The Kier molecular flexibility index (Phi) is 9.63. The maximum Gasteiger partial charge on any atom is 0.205 e. The Bertz CT molecular complexity index is 1470. The first-order chi connectivity index (χ1) is 20.1. The summed E-state index contributed by atoms with van der Waals surface area (Å²) in [6.07, 6.45) is 6.35. The van der Waals surface area contributed by atoms with E-state index < -0.39 is 17.2 Å². The number of nitrogens with one attached hydrogen (secondary N) is 2. The standard InChI is InChI=1S/C30H33FN4O5S/c1-38-28-19-22-25(20-29(28)39-17-7-16-35-14-5-2-6-15-35)32-13-12-26(22)40-27-11-10-21(18-23(27)31)34-41(37)30-9-4-3-8-24(30)33-36/h3-4,8-13,18-20,33-34,36H,2,5-7,14-17H2,1H3. The van der Waals surface area contributed by atoms with Crippen LogP contribution in [0.2, 0.25) is 0 Å². The van der Waals surface area contributed by atoms with Crippen LogP contribution in [0, 0.1) is 5.82 Å². The largest absolute Gasteiger partial charge is 0.588 e. The van der Waals surface area contributed by atoms with E-state index in [1.165, 1.54) is 31.4 Å². The summed E-state index contributed by atoms with van der Waals surface area (Å²) in [5.74, 6) is 0.870. The highest BCUT2D eigenvalue weighted by molar-refractivity contribution is 7.92. The highest BCUT2D eigenvalue weighted by Gasteiger charge is 2.19. The number of rotatable bonds is 12. The van der Waals surface area contributed by atoms with E-state index in [0.717, 1.165) is 26.1 Å². The normalized spacial score (nSPS) is 14.4. The van der Waals surface area contributed by atoms with Crippen molar-refractivity contribution >= 4 is 33.6 Å². The lowest BCUT2D eigenvalue weighted by Crippen LogP contribution is -2.31. The molecule has 1 aromatic heterocycles. The Balaban J connectivity index is 1.27. The van der Waals surface area contributed by atoms with Gasteiger partial charge in [0.25, 0.3) is 0 Å². The van der Waals surface area contributed by atoms with Crippen molar-refractivity contribution in [3.05, 3.63) is 72.7 Å². The van der Waals surface area contributed by atoms with Crippen molar-refractivity contribution in [1.82, 2.24) is 9.88 Å². The second-order valence-corrected chi connectivity index (χ2v) is 10.8. The van der Waals surface area contributed by atoms with Crippen molar-refractivity contribution in [2.75, 3.05) is 43.6 Å². The molecule has 3 N–H and O–H groups in total. The fraction of sp³-hybridized carbons (Fsp3) is 0.300. The Hall–Kier alpha value is -3.77. The van der Waals surface area contributed by atoms with Crippen LogP contribution >= 0.6 is 0 Å². The van der Waals surface area contributed by atoms with Crippen LogP contribution in [0.4, 0.5) is 15.8 Å². The third kappa shape index (κ3) is 7.12. The van der Waals surface area contributed by atoms with Crippen LogP contribution < -0.4 is 24.4 Å². The molecule has 0 amide bonds. The average Bonchev–Trinajstić information content (AvgIpc) is 3.00. The molecule has 0 aliphatic carbocycles. The second kappa shape index (κ2) is 13.7. The summed E-state index contributed by atoms with van der Waals surface area (Å²) in [5, 5.41) is 9.90. The molecule has 2 heterocycles. The number of para-hydroxylation sites is 1. The summed E-state index contributed by atoms with van der Waals surface area (Å²) in [4.78, 5) is 7.24. The van der Waals surface area contributed by atoms with Gasteiger partial charge in [-0.1, -0.05) is 18.6 Å². The van der Waals surface area contributed by atoms with Gasteiger partial charge in [0.1, 0.15) is 22.8 Å². The molecule has 41 heavy (non-hydrogen) atoms. The van der Waals surface area contributed by atoms with E-state index in [1.54, 1.807) is 61.8 Å². The van der Waals surface area contributed by atoms with Crippen LogP contribution in [0.15, 0.2) is 71.8 Å². The number of anilines is 2. The number of aromatic nitrogens is 1. The SMILES string of the molecule is COc1cc2c(Oc3ccc(N[S+]([O-])c4ccccc4NO)cc3F)ccnc2cc1OCCCN1CCCCC1. The Morgan fingerprint density at radius 3 is 2.61 bits per heavy atom. The van der Waals surface area contributed by atoms with Gasteiger partial charge in [0.05, 0.1) is 24.9 Å². The second-order valence-electron chi connectivity index (χ2n) is 9.66. The number of halogens is 1. The zero-order valence-corrected chi connectivity index (χ0v) is 23.6. The average molecular weight is 581 g/mol. The van der Waals surface area contributed by atoms with Gasteiger partial charge in [-0.15, -0.1) is 0 Å². The first-order valence-electron chi connectivity index (χ1n) is 13.5. The molecular weight excluding hydrogens is 547 g/mol. The van der Waals surface area contributed by atoms with Gasteiger partial charge < -0.3 is 23.7 Å². The predicted octanol–water partition coefficient (Wildman–Crippen LogP) is 6.37. The summed E-state index contributed by atoms with van der Waals surface area (Å²) in [5.41, 5.74) is 3.20. The van der Waals surface area contributed by atoms with E-state index in [-0.39, 0.29) is 17.1 Å². The minimum absolute atomic E-state index is 0.0109. The van der Waals surface area contributed by atoms with Crippen LogP contribution in [0.5, 0.6) is 23.0 Å². The first-order valence-corrected chi connectivity index (χ1v) is 14.7. The maximum atomic E-state index is 15.1. The number of hydrogen-bond donors (Lipinski definition) is 3. The third-order valence-corrected chi connectivity index (χ3v) is 8.06. The van der Waals surface area contributed by atoms with Gasteiger partial charge in [-0.2, -0.15) is 0 Å². The minimum Gasteiger partial charge on any atom is -0.588 e. The minimum atomic E-state index is -1.74. The van der Waals surface area contributed by atoms with Gasteiger partial charge in [0.2, 0.25) is 4.90 Å². The molecule has 1 unspecified atom stereocenters. The van der Waals surface area contributed by atoms with Crippen LogP contribution in [-0.4, -0.2) is 53.0 Å². The molecule has 5 rings (SSSR count). The van der Waals surface area contributed by atoms with E-state index in [0.29, 0.717) is 39.7 Å². The molecule has 1 saturated heterocycles. The van der Waals surface area contributed by atoms with Crippen molar-refractivity contribution < 1.29 is 28.4 Å². The lowest BCUT2D eigenvalue weighted by atomic mass is 10.1. The summed E-state index contributed by atoms with van der Waals surface area (Å²) in [6.45, 7) is 3.88. The highest BCUT2D eigenvalue weighted by Crippen LogP contribution is 2.38. The molecule has 1 aliphatic rings. The molecule has 4 aromatic rings. The Morgan fingerprint density at radius 2 is 1.83 bits per heavy atom. The predicted molar refractivity (Wildman–Crippen MR) is 157 cm³/mol. The van der Waals surface area contributed by atoms with Crippen LogP contribution in [-0.2, 0) is 11.4 Å². The van der Waals surface area contributed by atoms with E-state index >= 15 is 4.39 Å². The smallest absolute Gasteiger partial charge is 0.205 e. The number of nitrogens with zero attached hydrogens (tertiary/aromatic N) is 2. The molecule has 9 nitrogen and oxygen atoms in total. The van der Waals surface area contributed by atoms with Gasteiger partial charge in [0, 0.05) is 30.3 Å². The van der Waals surface area contributed by atoms with Crippen molar-refractivity contribution in [2.45, 2.75) is 30.6 Å². The van der Waals surface area contributed by atoms with Crippen molar-refractivity contribution in [3.8, 4) is 23.0 Å². The fourth-order valence-corrected chi connectivity index (χ4v) is 5.76. The lowest BCUT2D eigenvalue weighted by molar-refractivity contribution is 0.203. The van der Waals surface area contributed by atoms with E-state index in [4.69, 9.17) is 14.2 Å². The fourth-order valence-electron chi connectivity index (χ4n) is 4.79. The highest BCUT2D eigenvalue weighted by atomic mass is 32.2. The molecule has 0 spiro atoms.